The molecule has 0 spiro atoms. The maximum absolute atomic E-state index is 5.74. The molecule has 0 aliphatic carbocycles. The smallest absolute Gasteiger partial charge is 0.120 e. The monoisotopic (exact) mass is 280 g/mol. The molecule has 0 amide bonds. The molecule has 3 heteroatoms. The number of hydrogen-bond donors (Lipinski definition) is 0. The summed E-state index contributed by atoms with van der Waals surface area (Å²) in [5, 5.41) is 1.22. The highest BCUT2D eigenvalue weighted by atomic mass is 16.5. The van der Waals surface area contributed by atoms with E-state index in [1.165, 1.54) is 16.5 Å². The van der Waals surface area contributed by atoms with Crippen LogP contribution >= 0.6 is 0 Å². The molecule has 21 heavy (non-hydrogen) atoms. The predicted molar refractivity (Wildman–Crippen MR) is 85.6 cm³/mol. The van der Waals surface area contributed by atoms with Crippen molar-refractivity contribution in [3.63, 3.8) is 0 Å². The quantitative estimate of drug-likeness (QED) is 0.704. The number of aromatic nitrogens is 2. The van der Waals surface area contributed by atoms with Crippen LogP contribution < -0.4 is 4.74 Å². The normalized spacial score (nSPS) is 11.2. The fourth-order valence-corrected chi connectivity index (χ4v) is 2.52. The van der Waals surface area contributed by atoms with E-state index in [4.69, 9.17) is 4.74 Å². The lowest BCUT2D eigenvalue weighted by Crippen LogP contribution is -2.05. The topological polar surface area (TPSA) is 27.1 Å². The Labute approximate surface area is 125 Å². The summed E-state index contributed by atoms with van der Waals surface area (Å²) < 4.78 is 8.03. The van der Waals surface area contributed by atoms with Crippen LogP contribution in [0.4, 0.5) is 0 Å². The number of benzene rings is 1. The Morgan fingerprint density at radius 1 is 1.10 bits per heavy atom. The zero-order chi connectivity index (χ0) is 14.7. The van der Waals surface area contributed by atoms with Gasteiger partial charge in [0, 0.05) is 36.0 Å². The van der Waals surface area contributed by atoms with Crippen molar-refractivity contribution in [2.45, 2.75) is 32.9 Å². The molecule has 0 saturated heterocycles. The Morgan fingerprint density at radius 3 is 2.67 bits per heavy atom. The average molecular weight is 280 g/mol. The highest BCUT2D eigenvalue weighted by Gasteiger charge is 2.04. The molecular weight excluding hydrogens is 260 g/mol. The van der Waals surface area contributed by atoms with Gasteiger partial charge < -0.3 is 9.30 Å². The van der Waals surface area contributed by atoms with Crippen molar-refractivity contribution in [3.05, 3.63) is 60.6 Å². The zero-order valence-electron chi connectivity index (χ0n) is 12.5. The number of fused-ring (bicyclic) bond motifs is 1. The summed E-state index contributed by atoms with van der Waals surface area (Å²) in [7, 11) is 0. The lowest BCUT2D eigenvalue weighted by molar-refractivity contribution is 0.243. The van der Waals surface area contributed by atoms with Crippen molar-refractivity contribution >= 4 is 10.9 Å². The molecule has 0 N–H and O–H groups in total. The van der Waals surface area contributed by atoms with Gasteiger partial charge in [-0.3, -0.25) is 4.98 Å². The summed E-state index contributed by atoms with van der Waals surface area (Å²) in [4.78, 5) is 4.05. The van der Waals surface area contributed by atoms with E-state index in [9.17, 15) is 0 Å². The Morgan fingerprint density at radius 2 is 1.90 bits per heavy atom. The summed E-state index contributed by atoms with van der Waals surface area (Å²) >= 11 is 0. The van der Waals surface area contributed by atoms with E-state index in [1.54, 1.807) is 0 Å². The number of hydrogen-bond acceptors (Lipinski definition) is 2. The third kappa shape index (κ3) is 3.24. The third-order valence-electron chi connectivity index (χ3n) is 3.50. The van der Waals surface area contributed by atoms with Crippen LogP contribution in [-0.2, 0) is 13.0 Å². The molecule has 0 aliphatic rings. The van der Waals surface area contributed by atoms with Crippen LogP contribution in [-0.4, -0.2) is 15.7 Å². The molecule has 0 radical (unpaired) electrons. The molecule has 2 heterocycles. The van der Waals surface area contributed by atoms with Gasteiger partial charge in [-0.05, 0) is 62.2 Å². The van der Waals surface area contributed by atoms with Gasteiger partial charge >= 0.3 is 0 Å². The van der Waals surface area contributed by atoms with E-state index in [-0.39, 0.29) is 6.10 Å². The Balaban J connectivity index is 1.77. The Kier molecular flexibility index (Phi) is 3.91. The van der Waals surface area contributed by atoms with Crippen LogP contribution in [0.1, 0.15) is 19.4 Å². The van der Waals surface area contributed by atoms with E-state index in [2.05, 4.69) is 46.1 Å². The molecule has 3 aromatic rings. The molecule has 0 fully saturated rings. The van der Waals surface area contributed by atoms with Crippen molar-refractivity contribution in [1.82, 2.24) is 9.55 Å². The molecule has 1 aromatic carbocycles. The van der Waals surface area contributed by atoms with Gasteiger partial charge in [-0.2, -0.15) is 0 Å². The fraction of sp³-hybridized carbons (Fsp3) is 0.278. The van der Waals surface area contributed by atoms with Crippen LogP contribution in [0, 0.1) is 0 Å². The van der Waals surface area contributed by atoms with Crippen LogP contribution in [0.3, 0.4) is 0 Å². The first-order valence-electron chi connectivity index (χ1n) is 7.37. The van der Waals surface area contributed by atoms with E-state index in [1.807, 2.05) is 32.3 Å². The maximum atomic E-state index is 5.74. The first-order chi connectivity index (χ1) is 10.2. The summed E-state index contributed by atoms with van der Waals surface area (Å²) in [6.45, 7) is 5.06. The number of pyridine rings is 1. The first-order valence-corrected chi connectivity index (χ1v) is 7.37. The van der Waals surface area contributed by atoms with E-state index in [0.29, 0.717) is 0 Å². The molecule has 0 atom stereocenters. The SMILES string of the molecule is CC(C)Oc1ccc2c(ccn2CCc2ccncc2)c1. The van der Waals surface area contributed by atoms with Gasteiger partial charge in [0.05, 0.1) is 6.10 Å². The van der Waals surface area contributed by atoms with E-state index in [0.717, 1.165) is 18.7 Å². The van der Waals surface area contributed by atoms with Gasteiger partial charge in [0.2, 0.25) is 0 Å². The van der Waals surface area contributed by atoms with Gasteiger partial charge in [0.1, 0.15) is 5.75 Å². The molecule has 3 nitrogen and oxygen atoms in total. The largest absolute Gasteiger partial charge is 0.491 e. The molecular formula is C18H20N2O. The van der Waals surface area contributed by atoms with Gasteiger partial charge in [-0.1, -0.05) is 0 Å². The van der Waals surface area contributed by atoms with Crippen LogP contribution in [0.2, 0.25) is 0 Å². The average Bonchev–Trinajstić information content (AvgIpc) is 2.88. The van der Waals surface area contributed by atoms with Gasteiger partial charge in [-0.15, -0.1) is 0 Å². The lowest BCUT2D eigenvalue weighted by atomic mass is 10.2. The van der Waals surface area contributed by atoms with Crippen LogP contribution in [0.15, 0.2) is 55.0 Å². The second-order valence-electron chi connectivity index (χ2n) is 5.50. The fourth-order valence-electron chi connectivity index (χ4n) is 2.52. The number of aryl methyl sites for hydroxylation is 2. The Bertz CT molecular complexity index is 716. The standard InChI is InChI=1S/C18H20N2O/c1-14(2)21-17-3-4-18-16(13-17)8-12-20(18)11-7-15-5-9-19-10-6-15/h3-6,8-10,12-14H,7,11H2,1-2H3. The molecule has 0 saturated carbocycles. The van der Waals surface area contributed by atoms with Crippen LogP contribution in [0.5, 0.6) is 5.75 Å². The van der Waals surface area contributed by atoms with Crippen molar-refractivity contribution in [2.75, 3.05) is 0 Å². The van der Waals surface area contributed by atoms with E-state index < -0.39 is 0 Å². The third-order valence-corrected chi connectivity index (χ3v) is 3.50. The number of nitrogens with zero attached hydrogens (tertiary/aromatic N) is 2. The Hall–Kier alpha value is -2.29. The minimum Gasteiger partial charge on any atom is -0.491 e. The van der Waals surface area contributed by atoms with E-state index >= 15 is 0 Å². The molecule has 0 bridgehead atoms. The highest BCUT2D eigenvalue weighted by molar-refractivity contribution is 5.81. The summed E-state index contributed by atoms with van der Waals surface area (Å²) in [5.41, 5.74) is 2.56. The molecule has 0 aliphatic heterocycles. The lowest BCUT2D eigenvalue weighted by Gasteiger charge is -2.10. The second kappa shape index (κ2) is 6.00. The first kappa shape index (κ1) is 13.7. The second-order valence-corrected chi connectivity index (χ2v) is 5.50. The summed E-state index contributed by atoms with van der Waals surface area (Å²) in [5.74, 6) is 0.935. The van der Waals surface area contributed by atoms with Crippen molar-refractivity contribution < 1.29 is 4.74 Å². The molecule has 108 valence electrons. The van der Waals surface area contributed by atoms with Gasteiger partial charge in [-0.25, -0.2) is 0 Å². The van der Waals surface area contributed by atoms with Crippen molar-refractivity contribution in [2.24, 2.45) is 0 Å². The number of rotatable bonds is 5. The van der Waals surface area contributed by atoms with Crippen molar-refractivity contribution in [3.8, 4) is 5.75 Å². The minimum atomic E-state index is 0.205. The highest BCUT2D eigenvalue weighted by Crippen LogP contribution is 2.23. The van der Waals surface area contributed by atoms with Crippen molar-refractivity contribution in [1.29, 1.82) is 0 Å². The van der Waals surface area contributed by atoms with Gasteiger partial charge in [0.25, 0.3) is 0 Å². The summed E-state index contributed by atoms with van der Waals surface area (Å²) in [6, 6.07) is 12.6. The molecule has 3 rings (SSSR count). The predicted octanol–water partition coefficient (Wildman–Crippen LogP) is 4.07. The van der Waals surface area contributed by atoms with Crippen LogP contribution in [0.25, 0.3) is 10.9 Å². The number of ether oxygens (including phenoxy) is 1. The maximum Gasteiger partial charge on any atom is 0.120 e. The summed E-state index contributed by atoms with van der Waals surface area (Å²) in [6.07, 6.45) is 7.05. The zero-order valence-corrected chi connectivity index (χ0v) is 12.5. The molecule has 0 unspecified atom stereocenters. The molecule has 2 aromatic heterocycles. The minimum absolute atomic E-state index is 0.205. The van der Waals surface area contributed by atoms with Gasteiger partial charge in [0.15, 0.2) is 0 Å².